The van der Waals surface area contributed by atoms with E-state index in [1.807, 2.05) is 77.2 Å². The first kappa shape index (κ1) is 16.7. The quantitative estimate of drug-likeness (QED) is 0.255. The summed E-state index contributed by atoms with van der Waals surface area (Å²) in [5.41, 5.74) is 3.36. The summed E-state index contributed by atoms with van der Waals surface area (Å²) < 4.78 is 2.04. The molecule has 30 heavy (non-hydrogen) atoms. The van der Waals surface area contributed by atoms with E-state index in [2.05, 4.69) is 12.1 Å². The fraction of sp³-hybridized carbons (Fsp3) is 0. The van der Waals surface area contributed by atoms with Crippen molar-refractivity contribution in [3.8, 4) is 11.4 Å². The van der Waals surface area contributed by atoms with E-state index in [9.17, 15) is 10.1 Å². The van der Waals surface area contributed by atoms with Gasteiger partial charge >= 0.3 is 0 Å². The van der Waals surface area contributed by atoms with E-state index in [1.54, 1.807) is 6.07 Å². The van der Waals surface area contributed by atoms with Crippen molar-refractivity contribution >= 4 is 43.8 Å². The predicted molar refractivity (Wildman–Crippen MR) is 120 cm³/mol. The van der Waals surface area contributed by atoms with Crippen LogP contribution in [-0.2, 0) is 0 Å². The number of fused-ring (bicyclic) bond motifs is 6. The van der Waals surface area contributed by atoms with Crippen molar-refractivity contribution in [2.45, 2.75) is 0 Å². The Morgan fingerprint density at radius 3 is 2.27 bits per heavy atom. The number of nitro benzene ring substituents is 1. The molecule has 6 aromatic rings. The molecule has 0 N–H and O–H groups in total. The molecule has 5 heteroatoms. The first-order chi connectivity index (χ1) is 14.7. The van der Waals surface area contributed by atoms with Crippen molar-refractivity contribution in [1.82, 2.24) is 9.38 Å². The molecule has 0 radical (unpaired) electrons. The van der Waals surface area contributed by atoms with E-state index in [1.165, 1.54) is 0 Å². The molecule has 2 heterocycles. The highest BCUT2D eigenvalue weighted by Gasteiger charge is 2.24. The highest BCUT2D eigenvalue weighted by Crippen LogP contribution is 2.38. The van der Waals surface area contributed by atoms with Gasteiger partial charge < -0.3 is 0 Å². The van der Waals surface area contributed by atoms with Crippen LogP contribution >= 0.6 is 0 Å². The molecule has 0 aliphatic heterocycles. The van der Waals surface area contributed by atoms with Crippen LogP contribution in [0.1, 0.15) is 0 Å². The summed E-state index contributed by atoms with van der Waals surface area (Å²) >= 11 is 0. The Bertz CT molecular complexity index is 1630. The maximum atomic E-state index is 12.2. The number of hydrogen-bond donors (Lipinski definition) is 0. The molecule has 0 saturated heterocycles. The smallest absolute Gasteiger partial charge is 0.288 e. The Labute approximate surface area is 171 Å². The van der Waals surface area contributed by atoms with Crippen LogP contribution in [0.5, 0.6) is 0 Å². The van der Waals surface area contributed by atoms with Gasteiger partial charge in [-0.05, 0) is 35.7 Å². The van der Waals surface area contributed by atoms with Gasteiger partial charge in [-0.3, -0.25) is 14.5 Å². The van der Waals surface area contributed by atoms with Crippen LogP contribution in [0, 0.1) is 10.1 Å². The second-order valence-corrected chi connectivity index (χ2v) is 7.32. The summed E-state index contributed by atoms with van der Waals surface area (Å²) in [6.45, 7) is 0. The largest absolute Gasteiger partial charge is 0.293 e. The summed E-state index contributed by atoms with van der Waals surface area (Å²) in [5, 5.41) is 15.7. The van der Waals surface area contributed by atoms with Gasteiger partial charge in [0, 0.05) is 10.8 Å². The number of benzene rings is 4. The Balaban J connectivity index is 1.85. The van der Waals surface area contributed by atoms with Crippen LogP contribution in [0.4, 0.5) is 5.69 Å². The molecular formula is C25H15N3O2. The first-order valence-corrected chi connectivity index (χ1v) is 9.68. The maximum Gasteiger partial charge on any atom is 0.288 e. The van der Waals surface area contributed by atoms with Gasteiger partial charge in [-0.2, -0.15) is 0 Å². The van der Waals surface area contributed by atoms with Crippen LogP contribution in [-0.4, -0.2) is 14.3 Å². The molecule has 0 amide bonds. The molecule has 6 rings (SSSR count). The molecule has 0 aliphatic rings. The van der Waals surface area contributed by atoms with Crippen molar-refractivity contribution < 1.29 is 4.92 Å². The number of rotatable bonds is 2. The molecule has 0 fully saturated rings. The molecule has 0 saturated carbocycles. The van der Waals surface area contributed by atoms with Gasteiger partial charge in [0.25, 0.3) is 5.69 Å². The predicted octanol–water partition coefficient (Wildman–Crippen LogP) is 6.37. The van der Waals surface area contributed by atoms with Crippen molar-refractivity contribution in [3.05, 3.63) is 101 Å². The lowest BCUT2D eigenvalue weighted by Crippen LogP contribution is -2.01. The fourth-order valence-corrected chi connectivity index (χ4v) is 4.35. The summed E-state index contributed by atoms with van der Waals surface area (Å²) in [5.74, 6) is 0.572. The van der Waals surface area contributed by atoms with Crippen LogP contribution in [0.2, 0.25) is 0 Å². The lowest BCUT2D eigenvalue weighted by Gasteiger charge is -2.12. The summed E-state index contributed by atoms with van der Waals surface area (Å²) in [4.78, 5) is 16.8. The second-order valence-electron chi connectivity index (χ2n) is 7.32. The van der Waals surface area contributed by atoms with E-state index in [4.69, 9.17) is 4.98 Å². The fourth-order valence-electron chi connectivity index (χ4n) is 4.35. The van der Waals surface area contributed by atoms with Crippen LogP contribution in [0.15, 0.2) is 91.0 Å². The van der Waals surface area contributed by atoms with E-state index >= 15 is 0 Å². The minimum atomic E-state index is -0.300. The third kappa shape index (κ3) is 2.26. The molecule has 2 aromatic heterocycles. The van der Waals surface area contributed by atoms with Gasteiger partial charge in [-0.25, -0.2) is 4.98 Å². The van der Waals surface area contributed by atoms with Gasteiger partial charge in [0.15, 0.2) is 5.82 Å². The van der Waals surface area contributed by atoms with Crippen molar-refractivity contribution in [1.29, 1.82) is 0 Å². The van der Waals surface area contributed by atoms with Crippen molar-refractivity contribution in [3.63, 3.8) is 0 Å². The summed E-state index contributed by atoms with van der Waals surface area (Å²) in [6, 6.07) is 29.2. The van der Waals surface area contributed by atoms with Crippen LogP contribution in [0.3, 0.4) is 0 Å². The lowest BCUT2D eigenvalue weighted by atomic mass is 10.0. The number of hydrogen-bond acceptors (Lipinski definition) is 3. The molecule has 5 nitrogen and oxygen atoms in total. The van der Waals surface area contributed by atoms with Gasteiger partial charge in [0.2, 0.25) is 0 Å². The summed E-state index contributed by atoms with van der Waals surface area (Å²) in [6.07, 6.45) is 0. The van der Waals surface area contributed by atoms with Gasteiger partial charge in [0.05, 0.1) is 32.4 Å². The molecule has 4 aromatic carbocycles. The molecule has 0 unspecified atom stereocenters. The Morgan fingerprint density at radius 2 is 1.43 bits per heavy atom. The molecule has 0 aliphatic carbocycles. The summed E-state index contributed by atoms with van der Waals surface area (Å²) in [7, 11) is 0. The monoisotopic (exact) mass is 389 g/mol. The number of aromatic nitrogens is 2. The third-order valence-electron chi connectivity index (χ3n) is 5.65. The van der Waals surface area contributed by atoms with Gasteiger partial charge in [-0.15, -0.1) is 0 Å². The third-order valence-corrected chi connectivity index (χ3v) is 5.65. The highest BCUT2D eigenvalue weighted by atomic mass is 16.6. The van der Waals surface area contributed by atoms with Gasteiger partial charge in [-0.1, -0.05) is 60.7 Å². The minimum Gasteiger partial charge on any atom is -0.293 e. The van der Waals surface area contributed by atoms with Crippen molar-refractivity contribution in [2.24, 2.45) is 0 Å². The Morgan fingerprint density at radius 1 is 0.733 bits per heavy atom. The molecule has 0 bridgehead atoms. The van der Waals surface area contributed by atoms with Crippen molar-refractivity contribution in [2.75, 3.05) is 0 Å². The Kier molecular flexibility index (Phi) is 3.40. The van der Waals surface area contributed by atoms with Crippen LogP contribution < -0.4 is 0 Å². The molecule has 0 atom stereocenters. The normalized spacial score (nSPS) is 11.6. The number of nitro groups is 1. The van der Waals surface area contributed by atoms with E-state index in [-0.39, 0.29) is 10.6 Å². The molecule has 0 spiro atoms. The maximum absolute atomic E-state index is 12.2. The standard InChI is InChI=1S/C25H15N3O2/c29-28(30)24-18-9-3-1-7-16(18)13-14-20(24)25-26-21-11-5-4-10-19(21)23-15-17-8-2-6-12-22(17)27(23)25/h1-15H. The zero-order chi connectivity index (χ0) is 20.2. The average molecular weight is 389 g/mol. The molecular weight excluding hydrogens is 374 g/mol. The second kappa shape index (κ2) is 6.12. The average Bonchev–Trinajstić information content (AvgIpc) is 3.17. The van der Waals surface area contributed by atoms with Crippen LogP contribution in [0.25, 0.3) is 49.5 Å². The zero-order valence-electron chi connectivity index (χ0n) is 15.8. The minimum absolute atomic E-state index is 0.0787. The Hall–Kier alpha value is -4.25. The van der Waals surface area contributed by atoms with E-state index in [0.717, 1.165) is 32.7 Å². The number of nitrogens with zero attached hydrogens (tertiary/aromatic N) is 3. The highest BCUT2D eigenvalue weighted by molar-refractivity contribution is 6.04. The lowest BCUT2D eigenvalue weighted by molar-refractivity contribution is -0.382. The van der Waals surface area contributed by atoms with E-state index in [0.29, 0.717) is 16.8 Å². The number of para-hydroxylation sites is 2. The topological polar surface area (TPSA) is 60.4 Å². The van der Waals surface area contributed by atoms with E-state index < -0.39 is 0 Å². The molecule has 142 valence electrons. The first-order valence-electron chi connectivity index (χ1n) is 9.68. The SMILES string of the molecule is O=[N+]([O-])c1c(-c2nc3ccccc3c3cc4ccccc4n23)ccc2ccccc12. The zero-order valence-corrected chi connectivity index (χ0v) is 15.8. The van der Waals surface area contributed by atoms with Gasteiger partial charge in [0.1, 0.15) is 0 Å².